The summed E-state index contributed by atoms with van der Waals surface area (Å²) in [5.74, 6) is -0.0585. The molecule has 0 radical (unpaired) electrons. The summed E-state index contributed by atoms with van der Waals surface area (Å²) in [6.45, 7) is 7.19. The van der Waals surface area contributed by atoms with Gasteiger partial charge in [-0.15, -0.1) is 11.3 Å². The molecule has 5 nitrogen and oxygen atoms in total. The van der Waals surface area contributed by atoms with Gasteiger partial charge in [-0.2, -0.15) is 0 Å². The number of fused-ring (bicyclic) bond motifs is 1. The zero-order valence-corrected chi connectivity index (χ0v) is 18.5. The van der Waals surface area contributed by atoms with E-state index in [1.54, 1.807) is 23.3 Å². The Morgan fingerprint density at radius 2 is 1.93 bits per heavy atom. The number of methoxy groups -OCH3 is 1. The van der Waals surface area contributed by atoms with E-state index in [-0.39, 0.29) is 24.4 Å². The third kappa shape index (κ3) is 4.87. The van der Waals surface area contributed by atoms with Crippen molar-refractivity contribution in [3.8, 4) is 0 Å². The summed E-state index contributed by atoms with van der Waals surface area (Å²) in [5, 5.41) is 2.10. The standard InChI is InChI=1S/C23H30N2O3S/c1-23(2,3)22(27)24(13-14-28-4)16-20(26)25-12-10-19-18(11-15-29-19)21(25)17-8-6-5-7-9-17/h5-9,11,15,21H,10,12-14,16H2,1-4H3. The Hall–Kier alpha value is -2.18. The Morgan fingerprint density at radius 1 is 1.21 bits per heavy atom. The number of benzene rings is 1. The fourth-order valence-electron chi connectivity index (χ4n) is 3.76. The lowest BCUT2D eigenvalue weighted by Crippen LogP contribution is -2.49. The second kappa shape index (κ2) is 9.09. The number of carbonyl (C=O) groups is 2. The molecular formula is C23H30N2O3S. The molecule has 1 aliphatic rings. The van der Waals surface area contributed by atoms with Crippen LogP contribution in [0.15, 0.2) is 41.8 Å². The Labute approximate surface area is 177 Å². The number of ether oxygens (including phenoxy) is 1. The van der Waals surface area contributed by atoms with Gasteiger partial charge in [0.15, 0.2) is 0 Å². The van der Waals surface area contributed by atoms with Crippen LogP contribution in [0.4, 0.5) is 0 Å². The van der Waals surface area contributed by atoms with Crippen molar-refractivity contribution in [2.24, 2.45) is 5.41 Å². The number of thiophene rings is 1. The van der Waals surface area contributed by atoms with E-state index in [9.17, 15) is 9.59 Å². The van der Waals surface area contributed by atoms with Crippen LogP contribution in [0.2, 0.25) is 0 Å². The van der Waals surface area contributed by atoms with E-state index in [0.717, 1.165) is 12.0 Å². The monoisotopic (exact) mass is 414 g/mol. The Morgan fingerprint density at radius 3 is 2.59 bits per heavy atom. The van der Waals surface area contributed by atoms with Gasteiger partial charge in [-0.1, -0.05) is 51.1 Å². The fraction of sp³-hybridized carbons (Fsp3) is 0.478. The molecule has 2 amide bonds. The molecule has 1 atom stereocenters. The SMILES string of the molecule is COCCN(CC(=O)N1CCc2sccc2C1c1ccccc1)C(=O)C(C)(C)C. The molecule has 0 spiro atoms. The van der Waals surface area contributed by atoms with Crippen LogP contribution < -0.4 is 0 Å². The molecule has 156 valence electrons. The smallest absolute Gasteiger partial charge is 0.242 e. The van der Waals surface area contributed by atoms with Crippen molar-refractivity contribution in [2.45, 2.75) is 33.2 Å². The van der Waals surface area contributed by atoms with Crippen LogP contribution in [0, 0.1) is 5.41 Å². The topological polar surface area (TPSA) is 49.9 Å². The molecule has 1 aromatic heterocycles. The molecule has 6 heteroatoms. The summed E-state index contributed by atoms with van der Waals surface area (Å²) < 4.78 is 5.17. The molecule has 2 heterocycles. The van der Waals surface area contributed by atoms with Crippen LogP contribution >= 0.6 is 11.3 Å². The van der Waals surface area contributed by atoms with E-state index < -0.39 is 5.41 Å². The molecule has 0 aliphatic carbocycles. The van der Waals surface area contributed by atoms with Crippen LogP contribution in [-0.4, -0.2) is 55.0 Å². The van der Waals surface area contributed by atoms with E-state index in [0.29, 0.717) is 19.7 Å². The van der Waals surface area contributed by atoms with E-state index in [4.69, 9.17) is 4.74 Å². The van der Waals surface area contributed by atoms with Gasteiger partial charge in [0, 0.05) is 30.5 Å². The summed E-state index contributed by atoms with van der Waals surface area (Å²) in [4.78, 5) is 31.2. The summed E-state index contributed by atoms with van der Waals surface area (Å²) in [5.41, 5.74) is 1.76. The Balaban J connectivity index is 1.87. The third-order valence-corrected chi connectivity index (χ3v) is 6.22. The van der Waals surface area contributed by atoms with Gasteiger partial charge >= 0.3 is 0 Å². The maximum Gasteiger partial charge on any atom is 0.242 e. The molecule has 0 N–H and O–H groups in total. The van der Waals surface area contributed by atoms with Crippen molar-refractivity contribution in [3.63, 3.8) is 0 Å². The van der Waals surface area contributed by atoms with Crippen LogP contribution in [-0.2, 0) is 20.7 Å². The molecule has 1 unspecified atom stereocenters. The number of hydrogen-bond donors (Lipinski definition) is 0. The van der Waals surface area contributed by atoms with Crippen LogP contribution in [0.3, 0.4) is 0 Å². The number of hydrogen-bond acceptors (Lipinski definition) is 4. The van der Waals surface area contributed by atoms with E-state index in [2.05, 4.69) is 23.6 Å². The predicted molar refractivity (Wildman–Crippen MR) is 116 cm³/mol. The van der Waals surface area contributed by atoms with Gasteiger partial charge in [0.2, 0.25) is 11.8 Å². The molecule has 1 aromatic carbocycles. The molecule has 1 aliphatic heterocycles. The van der Waals surface area contributed by atoms with Crippen LogP contribution in [0.1, 0.15) is 42.8 Å². The van der Waals surface area contributed by atoms with Crippen molar-refractivity contribution in [1.82, 2.24) is 9.80 Å². The molecular weight excluding hydrogens is 384 g/mol. The second-order valence-corrected chi connectivity index (χ2v) is 9.42. The van der Waals surface area contributed by atoms with Gasteiger partial charge in [0.25, 0.3) is 0 Å². The quantitative estimate of drug-likeness (QED) is 0.723. The highest BCUT2D eigenvalue weighted by Gasteiger charge is 2.35. The number of amides is 2. The number of rotatable bonds is 6. The van der Waals surface area contributed by atoms with Crippen molar-refractivity contribution < 1.29 is 14.3 Å². The van der Waals surface area contributed by atoms with E-state index >= 15 is 0 Å². The minimum Gasteiger partial charge on any atom is -0.383 e. The lowest BCUT2D eigenvalue weighted by molar-refractivity contribution is -0.147. The number of nitrogens with zero attached hydrogens (tertiary/aromatic N) is 2. The number of carbonyl (C=O) groups excluding carboxylic acids is 2. The molecule has 0 saturated heterocycles. The maximum atomic E-state index is 13.4. The van der Waals surface area contributed by atoms with Crippen LogP contribution in [0.25, 0.3) is 0 Å². The minimum atomic E-state index is -0.546. The average Bonchev–Trinajstić information content (AvgIpc) is 3.18. The van der Waals surface area contributed by atoms with Gasteiger partial charge in [0.05, 0.1) is 19.2 Å². The Bertz CT molecular complexity index is 841. The summed E-state index contributed by atoms with van der Waals surface area (Å²) in [6, 6.07) is 12.2. The first-order chi connectivity index (χ1) is 13.8. The van der Waals surface area contributed by atoms with E-state index in [1.807, 2.05) is 43.9 Å². The third-order valence-electron chi connectivity index (χ3n) is 5.22. The first-order valence-electron chi connectivity index (χ1n) is 10.0. The molecule has 0 fully saturated rings. The van der Waals surface area contributed by atoms with Crippen molar-refractivity contribution in [1.29, 1.82) is 0 Å². The molecule has 0 saturated carbocycles. The highest BCUT2D eigenvalue weighted by atomic mass is 32.1. The lowest BCUT2D eigenvalue weighted by Gasteiger charge is -2.38. The summed E-state index contributed by atoms with van der Waals surface area (Å²) in [7, 11) is 1.61. The molecule has 0 bridgehead atoms. The lowest BCUT2D eigenvalue weighted by atomic mass is 9.92. The predicted octanol–water partition coefficient (Wildman–Crippen LogP) is 3.74. The zero-order valence-electron chi connectivity index (χ0n) is 17.7. The minimum absolute atomic E-state index is 0.0237. The van der Waals surface area contributed by atoms with Gasteiger partial charge in [-0.3, -0.25) is 9.59 Å². The molecule has 29 heavy (non-hydrogen) atoms. The highest BCUT2D eigenvalue weighted by molar-refractivity contribution is 7.10. The van der Waals surface area contributed by atoms with Crippen molar-refractivity contribution >= 4 is 23.2 Å². The first-order valence-corrected chi connectivity index (χ1v) is 10.9. The molecule has 3 rings (SSSR count). The normalized spacial score (nSPS) is 16.4. The maximum absolute atomic E-state index is 13.4. The average molecular weight is 415 g/mol. The van der Waals surface area contributed by atoms with Gasteiger partial charge < -0.3 is 14.5 Å². The summed E-state index contributed by atoms with van der Waals surface area (Å²) >= 11 is 1.75. The highest BCUT2D eigenvalue weighted by Crippen LogP contribution is 2.37. The largest absolute Gasteiger partial charge is 0.383 e. The van der Waals surface area contributed by atoms with Gasteiger partial charge in [-0.25, -0.2) is 0 Å². The second-order valence-electron chi connectivity index (χ2n) is 8.42. The van der Waals surface area contributed by atoms with Crippen molar-refractivity contribution in [3.05, 3.63) is 57.8 Å². The summed E-state index contributed by atoms with van der Waals surface area (Å²) in [6.07, 6.45) is 0.855. The molecule has 2 aromatic rings. The van der Waals surface area contributed by atoms with Crippen LogP contribution in [0.5, 0.6) is 0 Å². The van der Waals surface area contributed by atoms with Crippen molar-refractivity contribution in [2.75, 3.05) is 33.4 Å². The van der Waals surface area contributed by atoms with Gasteiger partial charge in [-0.05, 0) is 29.0 Å². The van der Waals surface area contributed by atoms with Gasteiger partial charge in [0.1, 0.15) is 0 Å². The first kappa shape index (κ1) is 21.5. The fourth-order valence-corrected chi connectivity index (χ4v) is 4.67. The zero-order chi connectivity index (χ0) is 21.0. The van der Waals surface area contributed by atoms with E-state index in [1.165, 1.54) is 10.4 Å². The Kier molecular flexibility index (Phi) is 6.75.